The third-order valence-corrected chi connectivity index (χ3v) is 4.85. The molecule has 0 unspecified atom stereocenters. The third kappa shape index (κ3) is 4.14. The van der Waals surface area contributed by atoms with Gasteiger partial charge in [-0.1, -0.05) is 11.6 Å². The Balaban J connectivity index is 1.65. The molecule has 0 aromatic heterocycles. The third-order valence-electron chi connectivity index (χ3n) is 4.55. The Hall–Kier alpha value is -2.93. The van der Waals surface area contributed by atoms with E-state index in [1.165, 1.54) is 14.2 Å². The fourth-order valence-electron chi connectivity index (χ4n) is 3.19. The molecule has 0 saturated heterocycles. The second-order valence-corrected chi connectivity index (χ2v) is 6.76. The van der Waals surface area contributed by atoms with E-state index >= 15 is 0 Å². The molecule has 2 N–H and O–H groups in total. The number of hydrogen-bond acceptors (Lipinski definition) is 5. The number of nitrogens with zero attached hydrogens (tertiary/aromatic N) is 1. The molecule has 2 aromatic rings. The predicted octanol–water partition coefficient (Wildman–Crippen LogP) is 3.32. The van der Waals surface area contributed by atoms with E-state index in [4.69, 9.17) is 21.1 Å². The maximum absolute atomic E-state index is 12.3. The summed E-state index contributed by atoms with van der Waals surface area (Å²) in [4.78, 5) is 25.7. The van der Waals surface area contributed by atoms with E-state index in [-0.39, 0.29) is 18.4 Å². The molecular formula is C20H22ClN3O4. The number of amides is 2. The van der Waals surface area contributed by atoms with Crippen LogP contribution < -0.4 is 25.0 Å². The largest absolute Gasteiger partial charge is 0.495 e. The second kappa shape index (κ2) is 8.39. The molecule has 3 rings (SSSR count). The Kier molecular flexibility index (Phi) is 5.94. The number of rotatable bonds is 6. The number of anilines is 3. The number of ether oxygens (including phenoxy) is 2. The lowest BCUT2D eigenvalue weighted by molar-refractivity contribution is -0.116. The van der Waals surface area contributed by atoms with Crippen LogP contribution in [0.15, 0.2) is 30.3 Å². The van der Waals surface area contributed by atoms with Crippen molar-refractivity contribution < 1.29 is 19.1 Å². The zero-order chi connectivity index (χ0) is 20.3. The first kappa shape index (κ1) is 19.8. The molecule has 148 valence electrons. The highest BCUT2D eigenvalue weighted by Gasteiger charge is 2.22. The van der Waals surface area contributed by atoms with Gasteiger partial charge in [-0.15, -0.1) is 0 Å². The minimum absolute atomic E-state index is 0.0204. The summed E-state index contributed by atoms with van der Waals surface area (Å²) < 4.78 is 10.5. The maximum Gasteiger partial charge on any atom is 0.243 e. The molecule has 0 bridgehead atoms. The summed E-state index contributed by atoms with van der Waals surface area (Å²) in [5.41, 5.74) is 3.24. The molecule has 0 spiro atoms. The summed E-state index contributed by atoms with van der Waals surface area (Å²) in [5, 5.41) is 6.32. The van der Waals surface area contributed by atoms with Gasteiger partial charge in [-0.3, -0.25) is 9.59 Å². The van der Waals surface area contributed by atoms with Crippen molar-refractivity contribution >= 4 is 40.5 Å². The number of methoxy groups -OCH3 is 2. The summed E-state index contributed by atoms with van der Waals surface area (Å²) in [6.07, 6.45) is 0.776. The Morgan fingerprint density at radius 3 is 2.57 bits per heavy atom. The van der Waals surface area contributed by atoms with Gasteiger partial charge in [0.1, 0.15) is 11.5 Å². The van der Waals surface area contributed by atoms with E-state index < -0.39 is 0 Å². The highest BCUT2D eigenvalue weighted by Crippen LogP contribution is 2.36. The van der Waals surface area contributed by atoms with Crippen molar-refractivity contribution in [3.05, 3.63) is 40.9 Å². The van der Waals surface area contributed by atoms with Crippen LogP contribution in [-0.4, -0.2) is 39.1 Å². The minimum atomic E-state index is -0.211. The van der Waals surface area contributed by atoms with Crippen LogP contribution >= 0.6 is 11.6 Å². The molecule has 1 aliphatic heterocycles. The van der Waals surface area contributed by atoms with Gasteiger partial charge < -0.3 is 25.0 Å². The normalized spacial score (nSPS) is 12.4. The van der Waals surface area contributed by atoms with Crippen molar-refractivity contribution in [3.63, 3.8) is 0 Å². The maximum atomic E-state index is 12.3. The number of halogens is 1. The molecule has 1 aliphatic rings. The standard InChI is InChI=1S/C20H22ClN3O4/c1-12(25)24-7-6-13-8-14(4-5-17(13)24)23-20(26)11-22-16-10-18(27-2)15(21)9-19(16)28-3/h4-5,8-10,22H,6-7,11H2,1-3H3,(H,23,26). The van der Waals surface area contributed by atoms with Crippen LogP contribution in [0, 0.1) is 0 Å². The van der Waals surface area contributed by atoms with Crippen LogP contribution in [0.25, 0.3) is 0 Å². The molecule has 8 heteroatoms. The van der Waals surface area contributed by atoms with Gasteiger partial charge in [0, 0.05) is 37.0 Å². The van der Waals surface area contributed by atoms with Crippen molar-refractivity contribution in [2.75, 3.05) is 42.8 Å². The van der Waals surface area contributed by atoms with Crippen molar-refractivity contribution in [2.45, 2.75) is 13.3 Å². The molecule has 0 radical (unpaired) electrons. The fourth-order valence-corrected chi connectivity index (χ4v) is 3.42. The van der Waals surface area contributed by atoms with Crippen molar-refractivity contribution in [3.8, 4) is 11.5 Å². The summed E-state index contributed by atoms with van der Waals surface area (Å²) in [6, 6.07) is 8.87. The predicted molar refractivity (Wildman–Crippen MR) is 110 cm³/mol. The van der Waals surface area contributed by atoms with Crippen LogP contribution in [0.4, 0.5) is 17.1 Å². The molecule has 0 aliphatic carbocycles. The van der Waals surface area contributed by atoms with Gasteiger partial charge in [-0.05, 0) is 30.2 Å². The van der Waals surface area contributed by atoms with E-state index in [0.29, 0.717) is 34.4 Å². The highest BCUT2D eigenvalue weighted by atomic mass is 35.5. The quantitative estimate of drug-likeness (QED) is 0.773. The number of carbonyl (C=O) groups is 2. The van der Waals surface area contributed by atoms with Gasteiger partial charge in [-0.2, -0.15) is 0 Å². The summed E-state index contributed by atoms with van der Waals surface area (Å²) in [5.74, 6) is 0.809. The van der Waals surface area contributed by atoms with E-state index in [9.17, 15) is 9.59 Å². The summed E-state index contributed by atoms with van der Waals surface area (Å²) in [6.45, 7) is 2.26. The van der Waals surface area contributed by atoms with E-state index in [1.54, 1.807) is 30.0 Å². The molecule has 0 atom stereocenters. The first-order chi connectivity index (χ1) is 13.4. The van der Waals surface area contributed by atoms with Gasteiger partial charge in [0.25, 0.3) is 0 Å². The fraction of sp³-hybridized carbons (Fsp3) is 0.300. The van der Waals surface area contributed by atoms with E-state index in [1.807, 2.05) is 12.1 Å². The Morgan fingerprint density at radius 2 is 1.89 bits per heavy atom. The topological polar surface area (TPSA) is 79.9 Å². The monoisotopic (exact) mass is 403 g/mol. The van der Waals surface area contributed by atoms with E-state index in [2.05, 4.69) is 10.6 Å². The van der Waals surface area contributed by atoms with Gasteiger partial charge in [0.2, 0.25) is 11.8 Å². The number of fused-ring (bicyclic) bond motifs is 1. The Bertz CT molecular complexity index is 917. The average Bonchev–Trinajstić information content (AvgIpc) is 3.10. The van der Waals surface area contributed by atoms with Gasteiger partial charge in [0.05, 0.1) is 31.5 Å². The zero-order valence-electron chi connectivity index (χ0n) is 16.0. The number of carbonyl (C=O) groups excluding carboxylic acids is 2. The molecule has 1 heterocycles. The number of benzene rings is 2. The van der Waals surface area contributed by atoms with Crippen LogP contribution in [-0.2, 0) is 16.0 Å². The Labute approximate surface area is 168 Å². The van der Waals surface area contributed by atoms with Gasteiger partial charge in [0.15, 0.2) is 0 Å². The van der Waals surface area contributed by atoms with Crippen LogP contribution in [0.3, 0.4) is 0 Å². The van der Waals surface area contributed by atoms with Gasteiger partial charge >= 0.3 is 0 Å². The molecule has 7 nitrogen and oxygen atoms in total. The summed E-state index contributed by atoms with van der Waals surface area (Å²) in [7, 11) is 3.05. The van der Waals surface area contributed by atoms with Crippen LogP contribution in [0.2, 0.25) is 5.02 Å². The molecule has 28 heavy (non-hydrogen) atoms. The van der Waals surface area contributed by atoms with E-state index in [0.717, 1.165) is 17.7 Å². The Morgan fingerprint density at radius 1 is 1.14 bits per heavy atom. The summed E-state index contributed by atoms with van der Waals surface area (Å²) >= 11 is 6.09. The lowest BCUT2D eigenvalue weighted by Crippen LogP contribution is -2.25. The van der Waals surface area contributed by atoms with Gasteiger partial charge in [-0.25, -0.2) is 0 Å². The second-order valence-electron chi connectivity index (χ2n) is 6.35. The minimum Gasteiger partial charge on any atom is -0.495 e. The number of nitrogens with one attached hydrogen (secondary N) is 2. The molecule has 0 fully saturated rings. The first-order valence-corrected chi connectivity index (χ1v) is 9.17. The number of hydrogen-bond donors (Lipinski definition) is 2. The zero-order valence-corrected chi connectivity index (χ0v) is 16.7. The molecule has 2 aromatic carbocycles. The first-order valence-electron chi connectivity index (χ1n) is 8.79. The lowest BCUT2D eigenvalue weighted by atomic mass is 10.1. The van der Waals surface area contributed by atoms with Crippen molar-refractivity contribution in [1.29, 1.82) is 0 Å². The highest BCUT2D eigenvalue weighted by molar-refractivity contribution is 6.32. The molecule has 2 amide bonds. The smallest absolute Gasteiger partial charge is 0.243 e. The van der Waals surface area contributed by atoms with Crippen LogP contribution in [0.1, 0.15) is 12.5 Å². The lowest BCUT2D eigenvalue weighted by Gasteiger charge is -2.15. The SMILES string of the molecule is COc1cc(NCC(=O)Nc2ccc3c(c2)CCN3C(C)=O)c(OC)cc1Cl. The molecular weight excluding hydrogens is 382 g/mol. The van der Waals surface area contributed by atoms with Crippen molar-refractivity contribution in [1.82, 2.24) is 0 Å². The molecule has 0 saturated carbocycles. The van der Waals surface area contributed by atoms with Crippen molar-refractivity contribution in [2.24, 2.45) is 0 Å². The average molecular weight is 404 g/mol. The van der Waals surface area contributed by atoms with Crippen LogP contribution in [0.5, 0.6) is 11.5 Å².